The number of fused-ring (bicyclic) bond motifs is 2. The van der Waals surface area contributed by atoms with Crippen LogP contribution in [-0.4, -0.2) is 25.7 Å². The van der Waals surface area contributed by atoms with Gasteiger partial charge in [0.05, 0.1) is 0 Å². The highest BCUT2D eigenvalue weighted by Crippen LogP contribution is 2.52. The lowest BCUT2D eigenvalue weighted by Crippen LogP contribution is -2.45. The van der Waals surface area contributed by atoms with Crippen LogP contribution in [0.5, 0.6) is 0 Å². The van der Waals surface area contributed by atoms with E-state index in [0.29, 0.717) is 53.7 Å². The summed E-state index contributed by atoms with van der Waals surface area (Å²) in [6.07, 6.45) is 21.3. The molecule has 13 rings (SSSR count). The number of anilines is 2. The van der Waals surface area contributed by atoms with Crippen molar-refractivity contribution in [2.45, 2.75) is 227 Å². The number of hydrogen-bond donors (Lipinski definition) is 0. The smallest absolute Gasteiger partial charge is 0.137 e. The van der Waals surface area contributed by atoms with Crippen LogP contribution in [0.4, 0.5) is 11.4 Å². The first kappa shape index (κ1) is 66.8. The molecule has 7 aromatic rings. The van der Waals surface area contributed by atoms with Crippen molar-refractivity contribution in [2.24, 2.45) is 5.41 Å². The Bertz CT molecular complexity index is 4780. The minimum Gasteiger partial charge on any atom is -0.466 e. The van der Waals surface area contributed by atoms with Gasteiger partial charge in [-0.1, -0.05) is 160 Å². The van der Waals surface area contributed by atoms with E-state index in [0.717, 1.165) is 82.3 Å². The summed E-state index contributed by atoms with van der Waals surface area (Å²) >= 11 is 0. The SMILES string of the molecule is CC(C)(CCC1=CC(=C(C#N)C#N)C=C(CCc2cc3c4c(c2)CCC(CC(C)(C)c2cc5cc(C(C)(C)C)cc6c7cc(C(C)(C)C)cc8cc(C(C)(C)C)cc(c(c2)c56)c87)N4CCC3)O1)C1=CC(=C(C#N)C#N)C=C(/C=C/c2cc3c4c(c2)C(C)(C)CCN4CCC3(C)C)O1. The van der Waals surface area contributed by atoms with Crippen LogP contribution in [0.1, 0.15) is 225 Å². The first-order valence-corrected chi connectivity index (χ1v) is 35.8. The van der Waals surface area contributed by atoms with E-state index in [4.69, 9.17) is 9.47 Å². The predicted molar refractivity (Wildman–Crippen MR) is 401 cm³/mol. The Morgan fingerprint density at radius 3 is 1.52 bits per heavy atom. The minimum absolute atomic E-state index is 0.00144. The van der Waals surface area contributed by atoms with E-state index in [2.05, 4.69) is 231 Å². The Balaban J connectivity index is 0.736. The molecule has 0 saturated heterocycles. The average Bonchev–Trinajstić information content (AvgIpc) is 0.705. The summed E-state index contributed by atoms with van der Waals surface area (Å²) in [6, 6.07) is 38.7. The maximum Gasteiger partial charge on any atom is 0.137 e. The standard InChI is InChI=1S/C89H98N6O2/c1-83(2,3)64-37-60-38-65(84(4,5)6)47-74-75-48-67(40-61-39-66(85(7,8)9)46-73(80(61)75)72(45-64)79(60)74)89(16,17)49-68-23-22-57-34-54(33-56-19-18-30-95(68)81(56)57)20-24-69-41-58(62(50-90)51-91)42-71(96-69)26-27-88(14,15)78-44-59(63(52-92)53-93)43-70(97-78)25-21-55-35-76-82-77(36-55)87(12,13)29-32-94(82)31-28-86(76,10)11/h21,25,33-48,68H,18-20,22-24,26-32,49H2,1-17H3/b25-21+. The number of nitrogens with zero attached hydrogens (tertiary/aromatic N) is 6. The number of benzene rings is 7. The van der Waals surface area contributed by atoms with Gasteiger partial charge in [-0.05, 0) is 256 Å². The van der Waals surface area contributed by atoms with Crippen LogP contribution >= 0.6 is 0 Å². The van der Waals surface area contributed by atoms with Gasteiger partial charge in [-0.25, -0.2) is 0 Å². The van der Waals surface area contributed by atoms with E-state index >= 15 is 0 Å². The highest BCUT2D eigenvalue weighted by atomic mass is 16.5. The van der Waals surface area contributed by atoms with Gasteiger partial charge in [0.25, 0.3) is 0 Å². The molecule has 6 aliphatic rings. The van der Waals surface area contributed by atoms with E-state index in [1.807, 2.05) is 24.3 Å². The van der Waals surface area contributed by atoms with Crippen LogP contribution in [0.3, 0.4) is 0 Å². The number of rotatable bonds is 12. The summed E-state index contributed by atoms with van der Waals surface area (Å²) in [7, 11) is 0. The normalized spacial score (nSPS) is 18.5. The molecule has 97 heavy (non-hydrogen) atoms. The second-order valence-electron chi connectivity index (χ2n) is 34.9. The molecule has 0 aliphatic carbocycles. The quantitative estimate of drug-likeness (QED) is 0.0674. The zero-order valence-corrected chi connectivity index (χ0v) is 60.9. The van der Waals surface area contributed by atoms with E-state index in [9.17, 15) is 21.0 Å². The van der Waals surface area contributed by atoms with Crippen LogP contribution in [0, 0.1) is 50.7 Å². The van der Waals surface area contributed by atoms with Crippen LogP contribution in [0.25, 0.3) is 49.2 Å². The maximum atomic E-state index is 10.2. The molecule has 0 aromatic heterocycles. The summed E-state index contributed by atoms with van der Waals surface area (Å²) in [5, 5.41) is 51.6. The molecule has 6 heterocycles. The molecule has 496 valence electrons. The third-order valence-corrected chi connectivity index (χ3v) is 22.9. The van der Waals surface area contributed by atoms with Crippen LogP contribution < -0.4 is 9.80 Å². The molecule has 0 spiro atoms. The molecule has 7 aromatic carbocycles. The second-order valence-corrected chi connectivity index (χ2v) is 34.9. The molecule has 0 bridgehead atoms. The van der Waals surface area contributed by atoms with Gasteiger partial charge in [-0.15, -0.1) is 0 Å². The van der Waals surface area contributed by atoms with Gasteiger partial charge in [0.1, 0.15) is 58.5 Å². The van der Waals surface area contributed by atoms with Crippen molar-refractivity contribution < 1.29 is 9.47 Å². The summed E-state index contributed by atoms with van der Waals surface area (Å²) in [6.45, 7) is 43.0. The molecule has 1 unspecified atom stereocenters. The summed E-state index contributed by atoms with van der Waals surface area (Å²) in [4.78, 5) is 5.35. The first-order chi connectivity index (χ1) is 45.7. The molecule has 8 heteroatoms. The van der Waals surface area contributed by atoms with Crippen LogP contribution in [-0.2, 0) is 61.2 Å². The molecular weight excluding hydrogens is 1190 g/mol. The zero-order valence-electron chi connectivity index (χ0n) is 60.9. The highest BCUT2D eigenvalue weighted by molar-refractivity contribution is 6.33. The van der Waals surface area contributed by atoms with Gasteiger partial charge >= 0.3 is 0 Å². The van der Waals surface area contributed by atoms with Crippen molar-refractivity contribution in [1.82, 2.24) is 0 Å². The van der Waals surface area contributed by atoms with E-state index in [-0.39, 0.29) is 43.6 Å². The number of allylic oxidation sites excluding steroid dienone is 12. The Kier molecular flexibility index (Phi) is 16.5. The van der Waals surface area contributed by atoms with Crippen molar-refractivity contribution in [3.8, 4) is 24.3 Å². The lowest BCUT2D eigenvalue weighted by atomic mass is 9.69. The van der Waals surface area contributed by atoms with Gasteiger partial charge in [0.2, 0.25) is 0 Å². The van der Waals surface area contributed by atoms with Gasteiger partial charge in [-0.3, -0.25) is 0 Å². The minimum atomic E-state index is -0.595. The average molecular weight is 1280 g/mol. The molecular formula is C89H98N6O2. The van der Waals surface area contributed by atoms with E-state index in [1.54, 1.807) is 6.08 Å². The van der Waals surface area contributed by atoms with Crippen molar-refractivity contribution >= 4 is 60.5 Å². The molecule has 0 N–H and O–H groups in total. The van der Waals surface area contributed by atoms with Crippen molar-refractivity contribution in [3.05, 3.63) is 204 Å². The third kappa shape index (κ3) is 12.5. The fraction of sp³-hybridized carbons (Fsp3) is 0.438. The van der Waals surface area contributed by atoms with Crippen LogP contribution in [0.2, 0.25) is 0 Å². The van der Waals surface area contributed by atoms with Crippen molar-refractivity contribution in [1.29, 1.82) is 21.0 Å². The Hall–Kier alpha value is -8.82. The predicted octanol–water partition coefficient (Wildman–Crippen LogP) is 22.0. The Labute approximate surface area is 578 Å². The van der Waals surface area contributed by atoms with Gasteiger partial charge in [0, 0.05) is 66.5 Å². The first-order valence-electron chi connectivity index (χ1n) is 35.8. The molecule has 8 nitrogen and oxygen atoms in total. The molecule has 6 aliphatic heterocycles. The molecule has 0 radical (unpaired) electrons. The summed E-state index contributed by atoms with van der Waals surface area (Å²) in [5.74, 6) is 2.57. The second kappa shape index (κ2) is 24.0. The lowest BCUT2D eigenvalue weighted by molar-refractivity contribution is 0.189. The molecule has 0 fully saturated rings. The third-order valence-electron chi connectivity index (χ3n) is 22.9. The maximum absolute atomic E-state index is 10.2. The zero-order chi connectivity index (χ0) is 69.3. The van der Waals surface area contributed by atoms with E-state index < -0.39 is 5.41 Å². The summed E-state index contributed by atoms with van der Waals surface area (Å²) in [5.41, 5.74) is 16.8. The largest absolute Gasteiger partial charge is 0.466 e. The summed E-state index contributed by atoms with van der Waals surface area (Å²) < 4.78 is 13.5. The molecule has 1 atom stereocenters. The fourth-order valence-corrected chi connectivity index (χ4v) is 16.6. The lowest BCUT2D eigenvalue weighted by Gasteiger charge is -2.48. The number of aryl methyl sites for hydroxylation is 3. The Morgan fingerprint density at radius 1 is 0.515 bits per heavy atom. The number of ether oxygens (including phenoxy) is 2. The van der Waals surface area contributed by atoms with E-state index in [1.165, 1.54) is 105 Å². The Morgan fingerprint density at radius 2 is 1.00 bits per heavy atom. The fourth-order valence-electron chi connectivity index (χ4n) is 16.6. The monoisotopic (exact) mass is 1280 g/mol. The van der Waals surface area contributed by atoms with Gasteiger partial charge < -0.3 is 19.3 Å². The van der Waals surface area contributed by atoms with Crippen molar-refractivity contribution in [3.63, 3.8) is 0 Å². The molecule has 0 amide bonds. The molecule has 0 saturated carbocycles. The number of nitriles is 4. The highest BCUT2D eigenvalue weighted by Gasteiger charge is 2.41. The van der Waals surface area contributed by atoms with Crippen molar-refractivity contribution in [2.75, 3.05) is 29.4 Å². The topological polar surface area (TPSA) is 120 Å². The number of hydrogen-bond acceptors (Lipinski definition) is 8. The van der Waals surface area contributed by atoms with Crippen LogP contribution in [0.15, 0.2) is 149 Å². The van der Waals surface area contributed by atoms with Gasteiger partial charge in [-0.2, -0.15) is 21.0 Å². The van der Waals surface area contributed by atoms with Gasteiger partial charge in [0.15, 0.2) is 0 Å².